The molecule has 3 heterocycles. The number of hydrogen-bond acceptors (Lipinski definition) is 4. The maximum absolute atomic E-state index is 13.2. The Morgan fingerprint density at radius 2 is 1.80 bits per heavy atom. The van der Waals surface area contributed by atoms with Gasteiger partial charge in [0.15, 0.2) is 4.96 Å². The maximum atomic E-state index is 13.2. The molecule has 5 rings (SSSR count). The van der Waals surface area contributed by atoms with Crippen molar-refractivity contribution in [2.24, 2.45) is 0 Å². The van der Waals surface area contributed by atoms with Crippen LogP contribution in [0.25, 0.3) is 16.2 Å². The van der Waals surface area contributed by atoms with Crippen LogP contribution < -0.4 is 5.32 Å². The van der Waals surface area contributed by atoms with Crippen LogP contribution in [0.1, 0.15) is 22.1 Å². The molecule has 0 aliphatic rings. The van der Waals surface area contributed by atoms with E-state index in [4.69, 9.17) is 0 Å². The highest BCUT2D eigenvalue weighted by Crippen LogP contribution is 2.24. The van der Waals surface area contributed by atoms with Gasteiger partial charge in [-0.1, -0.05) is 60.7 Å². The molecule has 0 bridgehead atoms. The number of aromatic nitrogens is 4. The number of nitrogens with zero attached hydrogens (tertiary/aromatic N) is 4. The van der Waals surface area contributed by atoms with Gasteiger partial charge in [-0.2, -0.15) is 5.10 Å². The summed E-state index contributed by atoms with van der Waals surface area (Å²) in [4.78, 5) is 18.7. The van der Waals surface area contributed by atoms with Gasteiger partial charge in [-0.15, -0.1) is 11.3 Å². The van der Waals surface area contributed by atoms with Gasteiger partial charge in [0.2, 0.25) is 0 Å². The van der Waals surface area contributed by atoms with Crippen LogP contribution in [0.5, 0.6) is 0 Å². The van der Waals surface area contributed by atoms with Gasteiger partial charge in [0, 0.05) is 29.5 Å². The van der Waals surface area contributed by atoms with Crippen molar-refractivity contribution < 1.29 is 4.79 Å². The first-order valence-corrected chi connectivity index (χ1v) is 10.5. The molecule has 3 aromatic heterocycles. The summed E-state index contributed by atoms with van der Waals surface area (Å²) < 4.78 is 3.68. The molecular formula is C23H19N5OS. The minimum atomic E-state index is -0.203. The van der Waals surface area contributed by atoms with Gasteiger partial charge in [-0.25, -0.2) is 4.98 Å². The summed E-state index contributed by atoms with van der Waals surface area (Å²) >= 11 is 1.46. The highest BCUT2D eigenvalue weighted by Gasteiger charge is 2.20. The summed E-state index contributed by atoms with van der Waals surface area (Å²) in [7, 11) is 0. The number of amides is 1. The topological polar surface area (TPSA) is 64.2 Å². The van der Waals surface area contributed by atoms with E-state index in [2.05, 4.69) is 15.4 Å². The van der Waals surface area contributed by atoms with Crippen molar-refractivity contribution in [3.63, 3.8) is 0 Å². The minimum absolute atomic E-state index is 0.140. The third-order valence-electron chi connectivity index (χ3n) is 4.95. The largest absolute Gasteiger partial charge is 0.342 e. The fourth-order valence-corrected chi connectivity index (χ4v) is 4.30. The summed E-state index contributed by atoms with van der Waals surface area (Å²) in [6, 6.07) is 21.6. The zero-order valence-corrected chi connectivity index (χ0v) is 16.9. The molecule has 0 aliphatic heterocycles. The van der Waals surface area contributed by atoms with Gasteiger partial charge >= 0.3 is 0 Å². The smallest absolute Gasteiger partial charge is 0.269 e. The molecule has 2 aromatic carbocycles. The molecule has 7 heteroatoms. The molecule has 0 saturated carbocycles. The number of fused-ring (bicyclic) bond motifs is 1. The average Bonchev–Trinajstić information content (AvgIpc) is 3.52. The van der Waals surface area contributed by atoms with Crippen molar-refractivity contribution in [2.75, 3.05) is 0 Å². The summed E-state index contributed by atoms with van der Waals surface area (Å²) in [6.45, 7) is 0.551. The highest BCUT2D eigenvalue weighted by atomic mass is 32.1. The third-order valence-corrected chi connectivity index (χ3v) is 5.79. The number of carbonyl (C=O) groups is 1. The molecule has 5 aromatic rings. The van der Waals surface area contributed by atoms with Gasteiger partial charge in [0.1, 0.15) is 5.69 Å². The summed E-state index contributed by atoms with van der Waals surface area (Å²) in [6.07, 6.45) is 5.55. The monoisotopic (exact) mass is 413 g/mol. The Morgan fingerprint density at radius 3 is 2.53 bits per heavy atom. The number of benzene rings is 2. The number of thiazole rings is 1. The molecular weight excluding hydrogens is 394 g/mol. The number of rotatable bonds is 6. The van der Waals surface area contributed by atoms with Crippen LogP contribution >= 0.6 is 11.3 Å². The predicted molar refractivity (Wildman–Crippen MR) is 117 cm³/mol. The Hall–Kier alpha value is -3.71. The Morgan fingerprint density at radius 1 is 1.03 bits per heavy atom. The average molecular weight is 414 g/mol. The summed E-state index contributed by atoms with van der Waals surface area (Å²) in [5, 5.41) is 9.31. The van der Waals surface area contributed by atoms with Gasteiger partial charge in [0.25, 0.3) is 5.91 Å². The second kappa shape index (κ2) is 7.96. The maximum Gasteiger partial charge on any atom is 0.269 e. The lowest BCUT2D eigenvalue weighted by molar-refractivity contribution is 0.0926. The number of carbonyl (C=O) groups excluding carboxylic acids is 1. The van der Waals surface area contributed by atoms with Crippen molar-refractivity contribution >= 4 is 22.2 Å². The molecule has 1 unspecified atom stereocenters. The van der Waals surface area contributed by atoms with Gasteiger partial charge < -0.3 is 5.32 Å². The number of hydrogen-bond donors (Lipinski definition) is 1. The van der Waals surface area contributed by atoms with Crippen molar-refractivity contribution in [3.05, 3.63) is 102 Å². The van der Waals surface area contributed by atoms with E-state index >= 15 is 0 Å². The van der Waals surface area contributed by atoms with E-state index in [0.29, 0.717) is 12.2 Å². The van der Waals surface area contributed by atoms with E-state index in [9.17, 15) is 4.79 Å². The van der Waals surface area contributed by atoms with Crippen molar-refractivity contribution in [2.45, 2.75) is 12.6 Å². The lowest BCUT2D eigenvalue weighted by atomic mass is 10.1. The highest BCUT2D eigenvalue weighted by molar-refractivity contribution is 7.15. The van der Waals surface area contributed by atoms with Crippen molar-refractivity contribution in [1.82, 2.24) is 24.5 Å². The van der Waals surface area contributed by atoms with Crippen molar-refractivity contribution in [3.8, 4) is 11.3 Å². The van der Waals surface area contributed by atoms with Crippen LogP contribution in [-0.2, 0) is 6.54 Å². The van der Waals surface area contributed by atoms with Crippen LogP contribution in [-0.4, -0.2) is 25.1 Å². The van der Waals surface area contributed by atoms with Crippen molar-refractivity contribution in [1.29, 1.82) is 0 Å². The molecule has 1 amide bonds. The van der Waals surface area contributed by atoms with Gasteiger partial charge in [0.05, 0.1) is 18.3 Å². The summed E-state index contributed by atoms with van der Waals surface area (Å²) in [5.41, 5.74) is 3.49. The number of imidazole rings is 1. The fraction of sp³-hybridized carbons (Fsp3) is 0.0870. The van der Waals surface area contributed by atoms with E-state index in [-0.39, 0.29) is 11.9 Å². The molecule has 0 radical (unpaired) electrons. The summed E-state index contributed by atoms with van der Waals surface area (Å²) in [5.74, 6) is -0.140. The standard InChI is InChI=1S/C23H19N5OS/c29-22(25-19(14-27-13-7-12-24-27)17-8-3-1-4-9-17)21-16-30-23-26-20(15-28(21)23)18-10-5-2-6-11-18/h1-13,15-16,19H,14H2,(H,25,29). The van der Waals surface area contributed by atoms with Crippen LogP contribution in [0.2, 0.25) is 0 Å². The van der Waals surface area contributed by atoms with Gasteiger partial charge in [-0.3, -0.25) is 13.9 Å². The zero-order chi connectivity index (χ0) is 20.3. The van der Waals surface area contributed by atoms with E-state index in [1.165, 1.54) is 11.3 Å². The lowest BCUT2D eigenvalue weighted by Crippen LogP contribution is -2.32. The first-order chi connectivity index (χ1) is 14.8. The minimum Gasteiger partial charge on any atom is -0.342 e. The molecule has 6 nitrogen and oxygen atoms in total. The van der Waals surface area contributed by atoms with E-state index < -0.39 is 0 Å². The first kappa shape index (κ1) is 18.3. The van der Waals surface area contributed by atoms with Crippen LogP contribution in [0, 0.1) is 0 Å². The molecule has 0 aliphatic carbocycles. The van der Waals surface area contributed by atoms with Crippen LogP contribution in [0.3, 0.4) is 0 Å². The molecule has 1 atom stereocenters. The third kappa shape index (κ3) is 3.62. The van der Waals surface area contributed by atoms with Crippen LogP contribution in [0.4, 0.5) is 0 Å². The quantitative estimate of drug-likeness (QED) is 0.448. The van der Waals surface area contributed by atoms with E-state index in [1.54, 1.807) is 6.20 Å². The molecule has 0 fully saturated rings. The molecule has 30 heavy (non-hydrogen) atoms. The predicted octanol–water partition coefficient (Wildman–Crippen LogP) is 4.43. The Kier molecular flexibility index (Phi) is 4.86. The second-order valence-electron chi connectivity index (χ2n) is 6.93. The van der Waals surface area contributed by atoms with Crippen LogP contribution in [0.15, 0.2) is 90.7 Å². The van der Waals surface area contributed by atoms with E-state index in [0.717, 1.165) is 21.8 Å². The van der Waals surface area contributed by atoms with Gasteiger partial charge in [-0.05, 0) is 11.6 Å². The first-order valence-electron chi connectivity index (χ1n) is 9.63. The fourth-order valence-electron chi connectivity index (χ4n) is 3.44. The normalized spacial score (nSPS) is 12.1. The zero-order valence-electron chi connectivity index (χ0n) is 16.1. The Bertz CT molecular complexity index is 1260. The second-order valence-corrected chi connectivity index (χ2v) is 7.77. The lowest BCUT2D eigenvalue weighted by Gasteiger charge is -2.19. The van der Waals surface area contributed by atoms with E-state index in [1.807, 2.05) is 93.6 Å². The molecule has 148 valence electrons. The Labute approximate surface area is 177 Å². The molecule has 1 N–H and O–H groups in total. The molecule has 0 saturated heterocycles. The molecule has 0 spiro atoms. The SMILES string of the molecule is O=C(NC(Cn1cccn1)c1ccccc1)c1csc2nc(-c3ccccc3)cn12. The Balaban J connectivity index is 1.44. The number of nitrogens with one attached hydrogen (secondary N) is 1.